The third-order valence-corrected chi connectivity index (χ3v) is 5.84. The van der Waals surface area contributed by atoms with Crippen LogP contribution in [-0.4, -0.2) is 36.1 Å². The molecule has 1 aliphatic rings. The Morgan fingerprint density at radius 1 is 1.30 bits per heavy atom. The van der Waals surface area contributed by atoms with Gasteiger partial charge >= 0.3 is 0 Å². The molecule has 1 aromatic heterocycles. The van der Waals surface area contributed by atoms with E-state index in [4.69, 9.17) is 4.98 Å². The number of nitrogens with zero attached hydrogens (tertiary/aromatic N) is 2. The van der Waals surface area contributed by atoms with E-state index in [0.717, 1.165) is 0 Å². The number of hydrogen-bond acceptors (Lipinski definition) is 4. The van der Waals surface area contributed by atoms with E-state index >= 15 is 0 Å². The van der Waals surface area contributed by atoms with Gasteiger partial charge in [0.2, 0.25) is 0 Å². The van der Waals surface area contributed by atoms with Crippen molar-refractivity contribution < 1.29 is 0 Å². The lowest BCUT2D eigenvalue weighted by molar-refractivity contribution is 0.227. The highest BCUT2D eigenvalue weighted by atomic mass is 32.1. The topological polar surface area (TPSA) is 28.2 Å². The zero-order chi connectivity index (χ0) is 14.9. The number of nitrogens with one attached hydrogen (secondary N) is 1. The third kappa shape index (κ3) is 3.80. The molecular weight excluding hydrogens is 266 g/mol. The van der Waals surface area contributed by atoms with Gasteiger partial charge in [0, 0.05) is 22.4 Å². The highest BCUT2D eigenvalue weighted by Gasteiger charge is 2.24. The molecule has 20 heavy (non-hydrogen) atoms. The second-order valence-electron chi connectivity index (χ2n) is 7.18. The molecule has 4 heteroatoms. The zero-order valence-electron chi connectivity index (χ0n) is 13.8. The van der Waals surface area contributed by atoms with Gasteiger partial charge in [-0.2, -0.15) is 0 Å². The number of rotatable bonds is 3. The average Bonchev–Trinajstić information content (AvgIpc) is 2.74. The van der Waals surface area contributed by atoms with Gasteiger partial charge in [-0.05, 0) is 46.8 Å². The largest absolute Gasteiger partial charge is 0.307 e. The predicted molar refractivity (Wildman–Crippen MR) is 87.6 cm³/mol. The van der Waals surface area contributed by atoms with E-state index in [-0.39, 0.29) is 5.41 Å². The number of thiazole rings is 1. The average molecular weight is 295 g/mol. The van der Waals surface area contributed by atoms with Crippen LogP contribution in [0.1, 0.15) is 62.2 Å². The number of hydrogen-bond donors (Lipinski definition) is 1. The van der Waals surface area contributed by atoms with E-state index in [2.05, 4.69) is 51.9 Å². The Morgan fingerprint density at radius 3 is 2.40 bits per heavy atom. The van der Waals surface area contributed by atoms with Gasteiger partial charge in [-0.15, -0.1) is 11.3 Å². The summed E-state index contributed by atoms with van der Waals surface area (Å²) in [6.07, 6.45) is 2.51. The first kappa shape index (κ1) is 15.9. The lowest BCUT2D eigenvalue weighted by Gasteiger charge is -2.31. The number of likely N-dealkylation sites (tertiary alicyclic amines) is 1. The maximum Gasteiger partial charge on any atom is 0.0985 e. The molecule has 1 N–H and O–H groups in total. The minimum Gasteiger partial charge on any atom is -0.307 e. The van der Waals surface area contributed by atoms with Crippen LogP contribution in [0, 0.1) is 6.92 Å². The monoisotopic (exact) mass is 295 g/mol. The summed E-state index contributed by atoms with van der Waals surface area (Å²) in [5.41, 5.74) is 1.36. The van der Waals surface area contributed by atoms with E-state index in [1.54, 1.807) is 0 Å². The number of piperidine rings is 1. The van der Waals surface area contributed by atoms with Gasteiger partial charge in [0.15, 0.2) is 0 Å². The van der Waals surface area contributed by atoms with Crippen molar-refractivity contribution in [1.82, 2.24) is 15.2 Å². The second kappa shape index (κ2) is 6.12. The molecule has 1 unspecified atom stereocenters. The molecule has 1 fully saturated rings. The molecule has 2 heterocycles. The van der Waals surface area contributed by atoms with Gasteiger partial charge in [-0.1, -0.05) is 20.8 Å². The molecule has 0 spiro atoms. The summed E-state index contributed by atoms with van der Waals surface area (Å²) in [7, 11) is 2.21. The quantitative estimate of drug-likeness (QED) is 0.925. The second-order valence-corrected chi connectivity index (χ2v) is 8.22. The van der Waals surface area contributed by atoms with Gasteiger partial charge in [0.1, 0.15) is 0 Å². The lowest BCUT2D eigenvalue weighted by Crippen LogP contribution is -2.41. The van der Waals surface area contributed by atoms with Crippen LogP contribution in [0.3, 0.4) is 0 Å². The van der Waals surface area contributed by atoms with Crippen LogP contribution in [0.2, 0.25) is 0 Å². The molecule has 114 valence electrons. The normalized spacial score (nSPS) is 20.3. The van der Waals surface area contributed by atoms with Crippen molar-refractivity contribution in [3.63, 3.8) is 0 Å². The van der Waals surface area contributed by atoms with Crippen molar-refractivity contribution in [2.75, 3.05) is 20.1 Å². The number of aryl methyl sites for hydroxylation is 1. The minimum absolute atomic E-state index is 0.154. The molecule has 0 radical (unpaired) electrons. The summed E-state index contributed by atoms with van der Waals surface area (Å²) < 4.78 is 0. The molecule has 0 aromatic carbocycles. The Labute approximate surface area is 127 Å². The SMILES string of the molecule is Cc1nc(C(C)(C)C)sc1C(C)NC1CCN(C)CC1. The van der Waals surface area contributed by atoms with Crippen LogP contribution in [0.4, 0.5) is 0 Å². The van der Waals surface area contributed by atoms with Crippen LogP contribution in [0.25, 0.3) is 0 Å². The smallest absolute Gasteiger partial charge is 0.0985 e. The van der Waals surface area contributed by atoms with Crippen LogP contribution >= 0.6 is 11.3 Å². The van der Waals surface area contributed by atoms with E-state index < -0.39 is 0 Å². The maximum absolute atomic E-state index is 4.78. The van der Waals surface area contributed by atoms with Crippen molar-refractivity contribution >= 4 is 11.3 Å². The Kier molecular flexibility index (Phi) is 4.88. The first-order valence-electron chi connectivity index (χ1n) is 7.70. The summed E-state index contributed by atoms with van der Waals surface area (Å²) in [6, 6.07) is 1.07. The van der Waals surface area contributed by atoms with Crippen molar-refractivity contribution in [2.45, 2.75) is 65.0 Å². The predicted octanol–water partition coefficient (Wildman–Crippen LogP) is 3.49. The highest BCUT2D eigenvalue weighted by molar-refractivity contribution is 7.12. The maximum atomic E-state index is 4.78. The molecule has 3 nitrogen and oxygen atoms in total. The summed E-state index contributed by atoms with van der Waals surface area (Å²) in [5.74, 6) is 0. The standard InChI is InChI=1S/C16H29N3S/c1-11(17-13-7-9-19(6)10-8-13)14-12(2)18-15(20-14)16(3,4)5/h11,13,17H,7-10H2,1-6H3. The lowest BCUT2D eigenvalue weighted by atomic mass is 9.98. The van der Waals surface area contributed by atoms with Crippen molar-refractivity contribution in [1.29, 1.82) is 0 Å². The molecule has 1 atom stereocenters. The molecule has 1 saturated heterocycles. The fourth-order valence-corrected chi connectivity index (χ4v) is 3.87. The molecule has 0 amide bonds. The van der Waals surface area contributed by atoms with Crippen LogP contribution < -0.4 is 5.32 Å². The first-order chi connectivity index (χ1) is 9.27. The molecular formula is C16H29N3S. The van der Waals surface area contributed by atoms with Gasteiger partial charge in [-0.25, -0.2) is 4.98 Å². The Balaban J connectivity index is 2.02. The van der Waals surface area contributed by atoms with Gasteiger partial charge < -0.3 is 10.2 Å². The van der Waals surface area contributed by atoms with Crippen LogP contribution in [0.15, 0.2) is 0 Å². The molecule has 1 aliphatic heterocycles. The van der Waals surface area contributed by atoms with E-state index in [1.165, 1.54) is 41.5 Å². The summed E-state index contributed by atoms with van der Waals surface area (Å²) >= 11 is 1.88. The highest BCUT2D eigenvalue weighted by Crippen LogP contribution is 2.32. The fourth-order valence-electron chi connectivity index (χ4n) is 2.74. The van der Waals surface area contributed by atoms with Crippen molar-refractivity contribution in [3.05, 3.63) is 15.6 Å². The van der Waals surface area contributed by atoms with Gasteiger partial charge in [-0.3, -0.25) is 0 Å². The summed E-state index contributed by atoms with van der Waals surface area (Å²) in [6.45, 7) is 13.6. The Bertz CT molecular complexity index is 439. The van der Waals surface area contributed by atoms with E-state index in [0.29, 0.717) is 12.1 Å². The Hall–Kier alpha value is -0.450. The van der Waals surface area contributed by atoms with Gasteiger partial charge in [0.05, 0.1) is 10.7 Å². The van der Waals surface area contributed by atoms with Crippen LogP contribution in [-0.2, 0) is 5.41 Å². The third-order valence-electron chi connectivity index (χ3n) is 4.07. The first-order valence-corrected chi connectivity index (χ1v) is 8.51. The molecule has 0 aliphatic carbocycles. The molecule has 1 aromatic rings. The molecule has 0 saturated carbocycles. The molecule has 2 rings (SSSR count). The van der Waals surface area contributed by atoms with Crippen molar-refractivity contribution in [2.24, 2.45) is 0 Å². The van der Waals surface area contributed by atoms with Gasteiger partial charge in [0.25, 0.3) is 0 Å². The Morgan fingerprint density at radius 2 is 1.90 bits per heavy atom. The number of aromatic nitrogens is 1. The fraction of sp³-hybridized carbons (Fsp3) is 0.812. The summed E-state index contributed by atoms with van der Waals surface area (Å²) in [4.78, 5) is 8.60. The summed E-state index contributed by atoms with van der Waals surface area (Å²) in [5, 5.41) is 5.06. The van der Waals surface area contributed by atoms with Crippen LogP contribution in [0.5, 0.6) is 0 Å². The molecule has 0 bridgehead atoms. The van der Waals surface area contributed by atoms with E-state index in [9.17, 15) is 0 Å². The zero-order valence-corrected chi connectivity index (χ0v) is 14.6. The van der Waals surface area contributed by atoms with Crippen molar-refractivity contribution in [3.8, 4) is 0 Å². The minimum atomic E-state index is 0.154. The van der Waals surface area contributed by atoms with E-state index in [1.807, 2.05) is 11.3 Å².